The first-order chi connectivity index (χ1) is 10.1. The lowest BCUT2D eigenvalue weighted by Gasteiger charge is -1.98. The van der Waals surface area contributed by atoms with E-state index < -0.39 is 5.97 Å². The molecule has 3 nitrogen and oxygen atoms in total. The smallest absolute Gasteiger partial charge is 0.363 e. The third kappa shape index (κ3) is 3.31. The van der Waals surface area contributed by atoms with E-state index in [1.165, 1.54) is 0 Å². The Hall–Kier alpha value is -1.72. The number of nitrogens with zero attached hydrogens (tertiary/aromatic N) is 1. The Balaban J connectivity index is 1.91. The van der Waals surface area contributed by atoms with Gasteiger partial charge in [0.05, 0.1) is 0 Å². The number of rotatable bonds is 2. The summed E-state index contributed by atoms with van der Waals surface area (Å²) in [7, 11) is 0. The van der Waals surface area contributed by atoms with Crippen LogP contribution in [0.25, 0.3) is 6.08 Å². The van der Waals surface area contributed by atoms with Crippen LogP contribution < -0.4 is 0 Å². The lowest BCUT2D eigenvalue weighted by Crippen LogP contribution is -2.05. The zero-order chi connectivity index (χ0) is 14.8. The number of esters is 1. The van der Waals surface area contributed by atoms with Crippen molar-refractivity contribution in [2.75, 3.05) is 0 Å². The Morgan fingerprint density at radius 2 is 1.48 bits per heavy atom. The number of aliphatic imine (C=N–C) groups is 1. The highest BCUT2D eigenvalue weighted by atomic mass is 79.9. The zero-order valence-corrected chi connectivity index (χ0v) is 13.9. The van der Waals surface area contributed by atoms with Crippen LogP contribution in [0, 0.1) is 0 Å². The fourth-order valence-electron chi connectivity index (χ4n) is 1.84. The summed E-state index contributed by atoms with van der Waals surface area (Å²) in [5, 5.41) is 0. The third-order valence-corrected chi connectivity index (χ3v) is 3.94. The first-order valence-corrected chi connectivity index (χ1v) is 7.74. The number of hydrogen-bond donors (Lipinski definition) is 0. The van der Waals surface area contributed by atoms with Gasteiger partial charge in [0.25, 0.3) is 0 Å². The van der Waals surface area contributed by atoms with Gasteiger partial charge in [-0.15, -0.1) is 0 Å². The van der Waals surface area contributed by atoms with Crippen molar-refractivity contribution in [3.8, 4) is 0 Å². The second-order valence-electron chi connectivity index (χ2n) is 4.39. The molecule has 0 aromatic heterocycles. The highest BCUT2D eigenvalue weighted by Gasteiger charge is 2.23. The molecule has 0 spiro atoms. The molecule has 0 aliphatic carbocycles. The van der Waals surface area contributed by atoms with Crippen LogP contribution in [0.2, 0.25) is 0 Å². The molecule has 104 valence electrons. The summed E-state index contributed by atoms with van der Waals surface area (Å²) >= 11 is 6.74. The van der Waals surface area contributed by atoms with Gasteiger partial charge in [-0.1, -0.05) is 44.0 Å². The number of benzene rings is 2. The Bertz CT molecular complexity index is 747. The Labute approximate surface area is 138 Å². The Morgan fingerprint density at radius 1 is 0.905 bits per heavy atom. The molecule has 0 amide bonds. The number of carbonyl (C=O) groups is 1. The molecule has 5 heteroatoms. The van der Waals surface area contributed by atoms with Crippen LogP contribution in [0.3, 0.4) is 0 Å². The zero-order valence-electron chi connectivity index (χ0n) is 10.7. The van der Waals surface area contributed by atoms with E-state index >= 15 is 0 Å². The standard InChI is InChI=1S/C16H9Br2NO2/c17-12-5-1-10(2-6-12)9-14-16(20)21-15(19-14)11-3-7-13(18)8-4-11/h1-9H. The highest BCUT2D eigenvalue weighted by molar-refractivity contribution is 9.10. The first kappa shape index (κ1) is 14.2. The lowest BCUT2D eigenvalue weighted by atomic mass is 10.2. The molecule has 0 N–H and O–H groups in total. The van der Waals surface area contributed by atoms with Gasteiger partial charge in [0.2, 0.25) is 5.90 Å². The second kappa shape index (κ2) is 5.95. The van der Waals surface area contributed by atoms with E-state index in [2.05, 4.69) is 36.9 Å². The largest absolute Gasteiger partial charge is 0.402 e. The normalized spacial score (nSPS) is 16.0. The van der Waals surface area contributed by atoms with E-state index in [0.717, 1.165) is 20.1 Å². The van der Waals surface area contributed by atoms with E-state index in [-0.39, 0.29) is 0 Å². The molecule has 0 radical (unpaired) electrons. The lowest BCUT2D eigenvalue weighted by molar-refractivity contribution is -0.129. The summed E-state index contributed by atoms with van der Waals surface area (Å²) in [6.45, 7) is 0. The minimum atomic E-state index is -0.434. The minimum Gasteiger partial charge on any atom is -0.402 e. The molecule has 0 saturated heterocycles. The fraction of sp³-hybridized carbons (Fsp3) is 0. The molecule has 1 aliphatic heterocycles. The minimum absolute atomic E-state index is 0.301. The highest BCUT2D eigenvalue weighted by Crippen LogP contribution is 2.21. The molecule has 0 unspecified atom stereocenters. The third-order valence-electron chi connectivity index (χ3n) is 2.89. The summed E-state index contributed by atoms with van der Waals surface area (Å²) in [5.41, 5.74) is 1.96. The maximum absolute atomic E-state index is 11.9. The predicted octanol–water partition coefficient (Wildman–Crippen LogP) is 4.56. The summed E-state index contributed by atoms with van der Waals surface area (Å²) in [4.78, 5) is 16.1. The monoisotopic (exact) mass is 405 g/mol. The first-order valence-electron chi connectivity index (χ1n) is 6.16. The van der Waals surface area contributed by atoms with Gasteiger partial charge in [0, 0.05) is 14.5 Å². The van der Waals surface area contributed by atoms with Crippen LogP contribution in [-0.4, -0.2) is 11.9 Å². The van der Waals surface area contributed by atoms with Crippen molar-refractivity contribution in [2.24, 2.45) is 4.99 Å². The SMILES string of the molecule is O=C1OC(c2ccc(Br)cc2)=NC1=Cc1ccc(Br)cc1. The van der Waals surface area contributed by atoms with E-state index in [4.69, 9.17) is 4.74 Å². The van der Waals surface area contributed by atoms with Crippen LogP contribution in [0.15, 0.2) is 68.2 Å². The molecule has 0 saturated carbocycles. The number of hydrogen-bond acceptors (Lipinski definition) is 3. The molecule has 3 rings (SSSR count). The average molecular weight is 407 g/mol. The maximum Gasteiger partial charge on any atom is 0.363 e. The van der Waals surface area contributed by atoms with Crippen molar-refractivity contribution in [1.82, 2.24) is 0 Å². The van der Waals surface area contributed by atoms with Gasteiger partial charge in [-0.3, -0.25) is 0 Å². The summed E-state index contributed by atoms with van der Waals surface area (Å²) in [5.74, 6) is -0.105. The predicted molar refractivity (Wildman–Crippen MR) is 88.9 cm³/mol. The van der Waals surface area contributed by atoms with Crippen molar-refractivity contribution >= 4 is 49.8 Å². The van der Waals surface area contributed by atoms with Gasteiger partial charge >= 0.3 is 5.97 Å². The summed E-state index contributed by atoms with van der Waals surface area (Å²) in [6.07, 6.45) is 1.71. The van der Waals surface area contributed by atoms with E-state index in [1.54, 1.807) is 6.08 Å². The molecule has 1 heterocycles. The van der Waals surface area contributed by atoms with Gasteiger partial charge in [0.15, 0.2) is 5.70 Å². The number of ether oxygens (including phenoxy) is 1. The van der Waals surface area contributed by atoms with Crippen molar-refractivity contribution < 1.29 is 9.53 Å². The molecule has 2 aromatic carbocycles. The van der Waals surface area contributed by atoms with Crippen molar-refractivity contribution in [3.63, 3.8) is 0 Å². The van der Waals surface area contributed by atoms with Crippen LogP contribution in [-0.2, 0) is 9.53 Å². The van der Waals surface area contributed by atoms with E-state index in [1.807, 2.05) is 48.5 Å². The topological polar surface area (TPSA) is 38.7 Å². The van der Waals surface area contributed by atoms with Crippen molar-refractivity contribution in [2.45, 2.75) is 0 Å². The average Bonchev–Trinajstić information content (AvgIpc) is 2.83. The Morgan fingerprint density at radius 3 is 2.10 bits per heavy atom. The molecule has 0 fully saturated rings. The molecular weight excluding hydrogens is 398 g/mol. The molecule has 0 atom stereocenters. The molecule has 21 heavy (non-hydrogen) atoms. The second-order valence-corrected chi connectivity index (χ2v) is 6.23. The van der Waals surface area contributed by atoms with Gasteiger partial charge in [-0.25, -0.2) is 9.79 Å². The number of carbonyl (C=O) groups excluding carboxylic acids is 1. The molecular formula is C16H9Br2NO2. The molecule has 0 bridgehead atoms. The van der Waals surface area contributed by atoms with Gasteiger partial charge in [-0.2, -0.15) is 0 Å². The Kier molecular flexibility index (Phi) is 4.03. The maximum atomic E-state index is 11.9. The van der Waals surface area contributed by atoms with Crippen LogP contribution in [0.4, 0.5) is 0 Å². The van der Waals surface area contributed by atoms with Crippen LogP contribution >= 0.6 is 31.9 Å². The quantitative estimate of drug-likeness (QED) is 0.541. The van der Waals surface area contributed by atoms with E-state index in [9.17, 15) is 4.79 Å². The summed E-state index contributed by atoms with van der Waals surface area (Å²) in [6, 6.07) is 15.1. The van der Waals surface area contributed by atoms with Crippen LogP contribution in [0.5, 0.6) is 0 Å². The van der Waals surface area contributed by atoms with Crippen molar-refractivity contribution in [1.29, 1.82) is 0 Å². The molecule has 2 aromatic rings. The van der Waals surface area contributed by atoms with Gasteiger partial charge in [-0.05, 0) is 48.0 Å². The van der Waals surface area contributed by atoms with Crippen molar-refractivity contribution in [3.05, 3.63) is 74.3 Å². The van der Waals surface area contributed by atoms with Gasteiger partial charge < -0.3 is 4.74 Å². The number of cyclic esters (lactones) is 1. The summed E-state index contributed by atoms with van der Waals surface area (Å²) < 4.78 is 7.16. The number of halogens is 2. The molecule has 1 aliphatic rings. The van der Waals surface area contributed by atoms with Crippen LogP contribution in [0.1, 0.15) is 11.1 Å². The fourth-order valence-corrected chi connectivity index (χ4v) is 2.37. The van der Waals surface area contributed by atoms with Gasteiger partial charge in [0.1, 0.15) is 0 Å². The van der Waals surface area contributed by atoms with E-state index in [0.29, 0.717) is 11.6 Å².